The molecular formula is C13H15BrFN3. The van der Waals surface area contributed by atoms with Crippen molar-refractivity contribution in [2.75, 3.05) is 5.43 Å². The van der Waals surface area contributed by atoms with E-state index in [-0.39, 0.29) is 11.7 Å². The summed E-state index contributed by atoms with van der Waals surface area (Å²) in [5.74, 6) is 6.12. The van der Waals surface area contributed by atoms with Crippen LogP contribution in [0, 0.1) is 12.7 Å². The SMILES string of the molecule is Cc1cc(F)c(Br)c2cc(C(C)C)c(NN)nc12. The molecule has 0 radical (unpaired) electrons. The Kier molecular flexibility index (Phi) is 3.54. The number of benzene rings is 1. The fourth-order valence-electron chi connectivity index (χ4n) is 2.00. The number of nitrogen functional groups attached to an aromatic ring is 1. The first-order chi connectivity index (χ1) is 8.45. The number of rotatable bonds is 2. The van der Waals surface area contributed by atoms with Gasteiger partial charge >= 0.3 is 0 Å². The molecule has 2 aromatic rings. The minimum atomic E-state index is -0.273. The predicted molar refractivity (Wildman–Crippen MR) is 76.0 cm³/mol. The summed E-state index contributed by atoms with van der Waals surface area (Å²) in [6.45, 7) is 5.92. The number of halogens is 2. The monoisotopic (exact) mass is 311 g/mol. The van der Waals surface area contributed by atoms with Crippen molar-refractivity contribution >= 4 is 32.7 Å². The summed E-state index contributed by atoms with van der Waals surface area (Å²) in [7, 11) is 0. The van der Waals surface area contributed by atoms with Gasteiger partial charge in [0.15, 0.2) is 0 Å². The molecule has 0 bridgehead atoms. The Morgan fingerprint density at radius 2 is 2.06 bits per heavy atom. The zero-order valence-corrected chi connectivity index (χ0v) is 12.1. The Labute approximate surface area is 114 Å². The topological polar surface area (TPSA) is 50.9 Å². The molecule has 0 unspecified atom stereocenters. The number of aromatic nitrogens is 1. The number of hydrazine groups is 1. The standard InChI is InChI=1S/C13H15BrFN3/c1-6(2)8-5-9-11(14)10(15)4-7(3)12(9)17-13(8)18-16/h4-6H,16H2,1-3H3,(H,17,18). The molecule has 1 heterocycles. The first-order valence-electron chi connectivity index (χ1n) is 5.71. The minimum Gasteiger partial charge on any atom is -0.308 e. The Morgan fingerprint density at radius 3 is 2.61 bits per heavy atom. The van der Waals surface area contributed by atoms with Crippen LogP contribution < -0.4 is 11.3 Å². The number of nitrogens with one attached hydrogen (secondary N) is 1. The Bertz CT molecular complexity index is 611. The molecule has 1 aromatic carbocycles. The number of pyridine rings is 1. The van der Waals surface area contributed by atoms with E-state index in [4.69, 9.17) is 5.84 Å². The lowest BCUT2D eigenvalue weighted by Crippen LogP contribution is -2.12. The largest absolute Gasteiger partial charge is 0.308 e. The fourth-order valence-corrected chi connectivity index (χ4v) is 2.42. The van der Waals surface area contributed by atoms with E-state index in [2.05, 4.69) is 26.3 Å². The van der Waals surface area contributed by atoms with Gasteiger partial charge < -0.3 is 5.43 Å². The summed E-state index contributed by atoms with van der Waals surface area (Å²) in [5, 5.41) is 0.773. The van der Waals surface area contributed by atoms with Crippen LogP contribution in [0.5, 0.6) is 0 Å². The van der Waals surface area contributed by atoms with Gasteiger partial charge in [-0.3, -0.25) is 0 Å². The molecule has 0 aliphatic heterocycles. The van der Waals surface area contributed by atoms with E-state index in [1.807, 2.05) is 26.8 Å². The van der Waals surface area contributed by atoms with E-state index >= 15 is 0 Å². The third-order valence-electron chi connectivity index (χ3n) is 2.97. The number of aryl methyl sites for hydroxylation is 1. The summed E-state index contributed by atoms with van der Waals surface area (Å²) in [4.78, 5) is 4.48. The molecule has 2 rings (SSSR count). The first-order valence-corrected chi connectivity index (χ1v) is 6.50. The van der Waals surface area contributed by atoms with Crippen molar-refractivity contribution in [2.45, 2.75) is 26.7 Å². The highest BCUT2D eigenvalue weighted by Gasteiger charge is 2.14. The van der Waals surface area contributed by atoms with Crippen LogP contribution in [0.2, 0.25) is 0 Å². The van der Waals surface area contributed by atoms with Gasteiger partial charge in [0.2, 0.25) is 0 Å². The summed E-state index contributed by atoms with van der Waals surface area (Å²) in [6.07, 6.45) is 0. The quantitative estimate of drug-likeness (QED) is 0.654. The van der Waals surface area contributed by atoms with Gasteiger partial charge in [0.05, 0.1) is 9.99 Å². The smallest absolute Gasteiger partial charge is 0.144 e. The fraction of sp³-hybridized carbons (Fsp3) is 0.308. The van der Waals surface area contributed by atoms with E-state index in [1.165, 1.54) is 6.07 Å². The Balaban J connectivity index is 2.87. The number of anilines is 1. The lowest BCUT2D eigenvalue weighted by atomic mass is 10.0. The van der Waals surface area contributed by atoms with E-state index in [1.54, 1.807) is 0 Å². The van der Waals surface area contributed by atoms with Gasteiger partial charge in [0, 0.05) is 5.39 Å². The van der Waals surface area contributed by atoms with Gasteiger partial charge in [0.1, 0.15) is 11.6 Å². The minimum absolute atomic E-state index is 0.253. The second-order valence-electron chi connectivity index (χ2n) is 4.61. The summed E-state index contributed by atoms with van der Waals surface area (Å²) >= 11 is 3.28. The third kappa shape index (κ3) is 2.08. The number of fused-ring (bicyclic) bond motifs is 1. The second kappa shape index (κ2) is 4.82. The van der Waals surface area contributed by atoms with Crippen molar-refractivity contribution < 1.29 is 4.39 Å². The predicted octanol–water partition coefficient (Wildman–Crippen LogP) is 3.85. The van der Waals surface area contributed by atoms with Gasteiger partial charge in [0.25, 0.3) is 0 Å². The van der Waals surface area contributed by atoms with Gasteiger partial charge in [-0.15, -0.1) is 0 Å². The van der Waals surface area contributed by atoms with Crippen molar-refractivity contribution in [1.29, 1.82) is 0 Å². The number of hydrogen-bond acceptors (Lipinski definition) is 3. The second-order valence-corrected chi connectivity index (χ2v) is 5.40. The van der Waals surface area contributed by atoms with Gasteiger partial charge in [-0.2, -0.15) is 0 Å². The van der Waals surface area contributed by atoms with E-state index in [9.17, 15) is 4.39 Å². The molecule has 0 fully saturated rings. The van der Waals surface area contributed by atoms with Crippen molar-refractivity contribution in [2.24, 2.45) is 5.84 Å². The number of nitrogens with two attached hydrogens (primary N) is 1. The summed E-state index contributed by atoms with van der Waals surface area (Å²) < 4.78 is 14.2. The Hall–Kier alpha value is -1.20. The number of hydrogen-bond donors (Lipinski definition) is 2. The number of nitrogens with zero attached hydrogens (tertiary/aromatic N) is 1. The molecule has 0 saturated carbocycles. The zero-order valence-electron chi connectivity index (χ0n) is 10.5. The molecule has 3 nitrogen and oxygen atoms in total. The van der Waals surface area contributed by atoms with Gasteiger partial charge in [-0.05, 0) is 52.0 Å². The van der Waals surface area contributed by atoms with Crippen LogP contribution in [0.25, 0.3) is 10.9 Å². The summed E-state index contributed by atoms with van der Waals surface area (Å²) in [5.41, 5.74) is 5.12. The average molecular weight is 312 g/mol. The molecule has 0 aliphatic carbocycles. The highest BCUT2D eigenvalue weighted by atomic mass is 79.9. The van der Waals surface area contributed by atoms with Gasteiger partial charge in [-0.25, -0.2) is 15.2 Å². The molecule has 3 N–H and O–H groups in total. The molecule has 96 valence electrons. The van der Waals surface area contributed by atoms with Crippen LogP contribution in [-0.2, 0) is 0 Å². The van der Waals surface area contributed by atoms with Crippen LogP contribution in [0.1, 0.15) is 30.9 Å². The Morgan fingerprint density at radius 1 is 1.39 bits per heavy atom. The van der Waals surface area contributed by atoms with Crippen LogP contribution in [0.15, 0.2) is 16.6 Å². The third-order valence-corrected chi connectivity index (χ3v) is 3.78. The van der Waals surface area contributed by atoms with Gasteiger partial charge in [-0.1, -0.05) is 13.8 Å². The maximum atomic E-state index is 13.7. The van der Waals surface area contributed by atoms with Crippen LogP contribution >= 0.6 is 15.9 Å². The van der Waals surface area contributed by atoms with Crippen molar-refractivity contribution in [3.8, 4) is 0 Å². The zero-order chi connectivity index (χ0) is 13.4. The molecule has 0 atom stereocenters. The van der Waals surface area contributed by atoms with E-state index < -0.39 is 0 Å². The molecule has 1 aromatic heterocycles. The van der Waals surface area contributed by atoms with Crippen molar-refractivity contribution in [1.82, 2.24) is 4.98 Å². The highest BCUT2D eigenvalue weighted by Crippen LogP contribution is 2.33. The van der Waals surface area contributed by atoms with Crippen molar-refractivity contribution in [3.63, 3.8) is 0 Å². The van der Waals surface area contributed by atoms with Crippen LogP contribution in [-0.4, -0.2) is 4.98 Å². The maximum Gasteiger partial charge on any atom is 0.144 e. The maximum absolute atomic E-state index is 13.7. The lowest BCUT2D eigenvalue weighted by molar-refractivity contribution is 0.622. The molecule has 0 saturated heterocycles. The molecule has 0 aliphatic rings. The van der Waals surface area contributed by atoms with E-state index in [0.29, 0.717) is 10.3 Å². The molecule has 18 heavy (non-hydrogen) atoms. The molecular weight excluding hydrogens is 297 g/mol. The normalized spacial score (nSPS) is 11.3. The van der Waals surface area contributed by atoms with E-state index in [0.717, 1.165) is 22.0 Å². The molecule has 0 spiro atoms. The average Bonchev–Trinajstić information content (AvgIpc) is 2.34. The molecule has 0 amide bonds. The highest BCUT2D eigenvalue weighted by molar-refractivity contribution is 9.10. The first kappa shape index (κ1) is 13.2. The van der Waals surface area contributed by atoms with Crippen LogP contribution in [0.3, 0.4) is 0 Å². The molecule has 5 heteroatoms. The summed E-state index contributed by atoms with van der Waals surface area (Å²) in [6, 6.07) is 3.40. The van der Waals surface area contributed by atoms with Crippen molar-refractivity contribution in [3.05, 3.63) is 33.5 Å². The van der Waals surface area contributed by atoms with Crippen LogP contribution in [0.4, 0.5) is 10.2 Å². The lowest BCUT2D eigenvalue weighted by Gasteiger charge is -2.14.